The van der Waals surface area contributed by atoms with Crippen LogP contribution >= 0.6 is 11.6 Å². The Morgan fingerprint density at radius 3 is 2.42 bits per heavy atom. The van der Waals surface area contributed by atoms with E-state index in [-0.39, 0.29) is 5.38 Å². The fourth-order valence-electron chi connectivity index (χ4n) is 0.795. The Hall–Kier alpha value is -0.820. The number of para-hydroxylation sites is 1. The minimum Gasteiger partial charge on any atom is -0.257 e. The van der Waals surface area contributed by atoms with Gasteiger partial charge in [-0.25, -0.2) is 0 Å². The molecule has 1 atom stereocenters. The number of alkyl halides is 1. The van der Waals surface area contributed by atoms with Crippen LogP contribution in [0.4, 0.5) is 5.69 Å². The second-order valence-electron chi connectivity index (χ2n) is 2.70. The molecule has 1 aromatic carbocycles. The lowest BCUT2D eigenvalue weighted by atomic mass is 10.3. The molecular formula is C10H12ClN. The lowest BCUT2D eigenvalue weighted by Crippen LogP contribution is -2.03. The summed E-state index contributed by atoms with van der Waals surface area (Å²) in [6.45, 7) is 3.86. The van der Waals surface area contributed by atoms with E-state index >= 15 is 0 Å². The number of aliphatic imine (C=N–C) groups is 1. The Balaban J connectivity index is 2.81. The van der Waals surface area contributed by atoms with Crippen LogP contribution in [0.3, 0.4) is 0 Å². The highest BCUT2D eigenvalue weighted by molar-refractivity contribution is 6.31. The molecule has 0 N–H and O–H groups in total. The SMILES string of the molecule is CC(=Nc1ccccc1)C(C)Cl. The summed E-state index contributed by atoms with van der Waals surface area (Å²) in [5, 5.41) is 0.00482. The molecule has 0 amide bonds. The third kappa shape index (κ3) is 2.67. The Labute approximate surface area is 78.1 Å². The maximum atomic E-state index is 5.85. The normalized spacial score (nSPS) is 14.4. The van der Waals surface area contributed by atoms with Gasteiger partial charge in [-0.05, 0) is 26.0 Å². The number of halogens is 1. The molecule has 0 saturated carbocycles. The van der Waals surface area contributed by atoms with Gasteiger partial charge in [0.05, 0.1) is 11.1 Å². The summed E-state index contributed by atoms with van der Waals surface area (Å²) in [6, 6.07) is 9.82. The molecule has 0 aliphatic rings. The average Bonchev–Trinajstić information content (AvgIpc) is 2.06. The maximum Gasteiger partial charge on any atom is 0.0687 e. The highest BCUT2D eigenvalue weighted by atomic mass is 35.5. The van der Waals surface area contributed by atoms with Crippen molar-refractivity contribution in [2.45, 2.75) is 19.2 Å². The highest BCUT2D eigenvalue weighted by Gasteiger charge is 1.99. The number of hydrogen-bond acceptors (Lipinski definition) is 1. The first-order valence-corrected chi connectivity index (χ1v) is 4.38. The summed E-state index contributed by atoms with van der Waals surface area (Å²) in [5.74, 6) is 0. The molecule has 1 nitrogen and oxygen atoms in total. The minimum atomic E-state index is 0.00482. The van der Waals surface area contributed by atoms with Gasteiger partial charge < -0.3 is 0 Å². The minimum absolute atomic E-state index is 0.00482. The molecule has 0 saturated heterocycles. The first-order valence-electron chi connectivity index (χ1n) is 3.94. The van der Waals surface area contributed by atoms with E-state index in [1.165, 1.54) is 0 Å². The summed E-state index contributed by atoms with van der Waals surface area (Å²) in [6.07, 6.45) is 0. The molecular weight excluding hydrogens is 170 g/mol. The molecule has 64 valence electrons. The van der Waals surface area contributed by atoms with Crippen LogP contribution in [0.5, 0.6) is 0 Å². The zero-order valence-electron chi connectivity index (χ0n) is 7.29. The second kappa shape index (κ2) is 4.27. The molecule has 0 aliphatic heterocycles. The van der Waals surface area contributed by atoms with Crippen molar-refractivity contribution in [2.75, 3.05) is 0 Å². The van der Waals surface area contributed by atoms with Crippen LogP contribution in [-0.4, -0.2) is 11.1 Å². The van der Waals surface area contributed by atoms with Gasteiger partial charge in [0.15, 0.2) is 0 Å². The van der Waals surface area contributed by atoms with E-state index in [4.69, 9.17) is 11.6 Å². The second-order valence-corrected chi connectivity index (χ2v) is 3.36. The van der Waals surface area contributed by atoms with Gasteiger partial charge in [0.1, 0.15) is 0 Å². The molecule has 0 heterocycles. The standard InChI is InChI=1S/C10H12ClN/c1-8(11)9(2)12-10-6-4-3-5-7-10/h3-8H,1-2H3. The average molecular weight is 182 g/mol. The van der Waals surface area contributed by atoms with Crippen LogP contribution in [0.15, 0.2) is 35.3 Å². The quantitative estimate of drug-likeness (QED) is 0.490. The van der Waals surface area contributed by atoms with Crippen LogP contribution in [0.1, 0.15) is 13.8 Å². The van der Waals surface area contributed by atoms with Crippen LogP contribution in [-0.2, 0) is 0 Å². The molecule has 0 aliphatic carbocycles. The number of benzene rings is 1. The van der Waals surface area contributed by atoms with Crippen LogP contribution in [0, 0.1) is 0 Å². The largest absolute Gasteiger partial charge is 0.257 e. The fraction of sp³-hybridized carbons (Fsp3) is 0.300. The molecule has 0 bridgehead atoms. The molecule has 1 aromatic rings. The van der Waals surface area contributed by atoms with Gasteiger partial charge in [-0.15, -0.1) is 11.6 Å². The topological polar surface area (TPSA) is 12.4 Å². The van der Waals surface area contributed by atoms with Gasteiger partial charge in [-0.1, -0.05) is 18.2 Å². The molecule has 0 spiro atoms. The molecule has 0 radical (unpaired) electrons. The van der Waals surface area contributed by atoms with Crippen molar-refractivity contribution >= 4 is 23.0 Å². The summed E-state index contributed by atoms with van der Waals surface area (Å²) >= 11 is 5.85. The zero-order valence-corrected chi connectivity index (χ0v) is 8.05. The number of nitrogens with zero attached hydrogens (tertiary/aromatic N) is 1. The van der Waals surface area contributed by atoms with E-state index in [2.05, 4.69) is 4.99 Å². The number of rotatable bonds is 2. The molecule has 1 rings (SSSR count). The number of hydrogen-bond donors (Lipinski definition) is 0. The van der Waals surface area contributed by atoms with Gasteiger partial charge in [0, 0.05) is 5.71 Å². The fourth-order valence-corrected chi connectivity index (χ4v) is 0.844. The van der Waals surface area contributed by atoms with Crippen LogP contribution < -0.4 is 0 Å². The first-order chi connectivity index (χ1) is 5.70. The third-order valence-electron chi connectivity index (χ3n) is 1.64. The summed E-state index contributed by atoms with van der Waals surface area (Å²) in [5.41, 5.74) is 1.91. The van der Waals surface area contributed by atoms with Crippen molar-refractivity contribution in [1.82, 2.24) is 0 Å². The molecule has 1 unspecified atom stereocenters. The Morgan fingerprint density at radius 1 is 1.33 bits per heavy atom. The van der Waals surface area contributed by atoms with Gasteiger partial charge in [0.25, 0.3) is 0 Å². The summed E-state index contributed by atoms with van der Waals surface area (Å²) in [4.78, 5) is 4.34. The van der Waals surface area contributed by atoms with Crippen LogP contribution in [0.25, 0.3) is 0 Å². The van der Waals surface area contributed by atoms with Crippen LogP contribution in [0.2, 0.25) is 0 Å². The van der Waals surface area contributed by atoms with Crippen molar-refractivity contribution in [3.05, 3.63) is 30.3 Å². The molecule has 0 aromatic heterocycles. The monoisotopic (exact) mass is 181 g/mol. The van der Waals surface area contributed by atoms with Gasteiger partial charge in [-0.3, -0.25) is 4.99 Å². The zero-order chi connectivity index (χ0) is 8.97. The molecule has 0 fully saturated rings. The van der Waals surface area contributed by atoms with E-state index in [0.29, 0.717) is 0 Å². The Kier molecular flexibility index (Phi) is 3.30. The van der Waals surface area contributed by atoms with Gasteiger partial charge in [0.2, 0.25) is 0 Å². The lowest BCUT2D eigenvalue weighted by Gasteiger charge is -2.01. The van der Waals surface area contributed by atoms with Crippen molar-refractivity contribution in [3.8, 4) is 0 Å². The van der Waals surface area contributed by atoms with Gasteiger partial charge in [-0.2, -0.15) is 0 Å². The third-order valence-corrected chi connectivity index (χ3v) is 1.95. The van der Waals surface area contributed by atoms with Crippen molar-refractivity contribution in [1.29, 1.82) is 0 Å². The van der Waals surface area contributed by atoms with Crippen molar-refractivity contribution in [2.24, 2.45) is 4.99 Å². The van der Waals surface area contributed by atoms with E-state index < -0.39 is 0 Å². The molecule has 2 heteroatoms. The summed E-state index contributed by atoms with van der Waals surface area (Å²) in [7, 11) is 0. The Bertz CT molecular complexity index is 264. The van der Waals surface area contributed by atoms with E-state index in [1.54, 1.807) is 0 Å². The van der Waals surface area contributed by atoms with E-state index in [0.717, 1.165) is 11.4 Å². The van der Waals surface area contributed by atoms with Crippen molar-refractivity contribution in [3.63, 3.8) is 0 Å². The highest BCUT2D eigenvalue weighted by Crippen LogP contribution is 2.12. The predicted octanol–water partition coefficient (Wildman–Crippen LogP) is 3.41. The summed E-state index contributed by atoms with van der Waals surface area (Å²) < 4.78 is 0. The van der Waals surface area contributed by atoms with Crippen molar-refractivity contribution < 1.29 is 0 Å². The lowest BCUT2D eigenvalue weighted by molar-refractivity contribution is 1.26. The molecule has 12 heavy (non-hydrogen) atoms. The van der Waals surface area contributed by atoms with Gasteiger partial charge >= 0.3 is 0 Å². The first kappa shape index (κ1) is 9.27. The van der Waals surface area contributed by atoms with E-state index in [1.807, 2.05) is 44.2 Å². The predicted molar refractivity (Wildman–Crippen MR) is 54.5 cm³/mol. The Morgan fingerprint density at radius 2 is 1.92 bits per heavy atom. The smallest absolute Gasteiger partial charge is 0.0687 e. The van der Waals surface area contributed by atoms with E-state index in [9.17, 15) is 0 Å². The maximum absolute atomic E-state index is 5.85.